The molecule has 1 heterocycles. The highest BCUT2D eigenvalue weighted by Crippen LogP contribution is 2.39. The molecular weight excluding hydrogens is 703 g/mol. The van der Waals surface area contributed by atoms with Crippen molar-refractivity contribution in [1.29, 1.82) is 0 Å². The lowest BCUT2D eigenvalue weighted by Gasteiger charge is -2.15. The molecule has 0 amide bonds. The first kappa shape index (κ1) is 34.7. The van der Waals surface area contributed by atoms with Gasteiger partial charge >= 0.3 is 0 Å². The van der Waals surface area contributed by atoms with Crippen molar-refractivity contribution in [1.82, 2.24) is 15.0 Å². The zero-order chi connectivity index (χ0) is 38.7. The summed E-state index contributed by atoms with van der Waals surface area (Å²) in [7, 11) is 0. The van der Waals surface area contributed by atoms with Gasteiger partial charge in [-0.15, -0.1) is 0 Å². The Morgan fingerprint density at radius 3 is 1.07 bits per heavy atom. The van der Waals surface area contributed by atoms with Crippen LogP contribution in [-0.4, -0.2) is 15.0 Å². The summed E-state index contributed by atoms with van der Waals surface area (Å²) >= 11 is 0. The second kappa shape index (κ2) is 15.4. The summed E-state index contributed by atoms with van der Waals surface area (Å²) in [6.45, 7) is 0. The van der Waals surface area contributed by atoms with E-state index in [1.54, 1.807) is 0 Å². The Labute approximate surface area is 338 Å². The quantitative estimate of drug-likeness (QED) is 0.156. The molecule has 0 aliphatic carbocycles. The van der Waals surface area contributed by atoms with Gasteiger partial charge in [0, 0.05) is 16.7 Å². The normalized spacial score (nSPS) is 11.1. The van der Waals surface area contributed by atoms with Gasteiger partial charge in [0.15, 0.2) is 17.5 Å². The van der Waals surface area contributed by atoms with E-state index in [0.29, 0.717) is 17.5 Å². The largest absolute Gasteiger partial charge is 0.208 e. The van der Waals surface area contributed by atoms with Gasteiger partial charge in [0.1, 0.15) is 0 Å². The Morgan fingerprint density at radius 1 is 0.190 bits per heavy atom. The van der Waals surface area contributed by atoms with Gasteiger partial charge < -0.3 is 0 Å². The number of aromatic nitrogens is 3. The fourth-order valence-electron chi connectivity index (χ4n) is 7.73. The average molecular weight is 740 g/mol. The van der Waals surface area contributed by atoms with Crippen LogP contribution in [0.25, 0.3) is 101 Å². The molecular formula is C55H37N3. The predicted molar refractivity (Wildman–Crippen MR) is 241 cm³/mol. The minimum Gasteiger partial charge on any atom is -0.208 e. The summed E-state index contributed by atoms with van der Waals surface area (Å²) in [5, 5.41) is 2.43. The Kier molecular flexibility index (Phi) is 9.23. The van der Waals surface area contributed by atoms with E-state index in [1.165, 1.54) is 27.5 Å². The SMILES string of the molecule is c1ccc(-c2cccc(-c3nc(-c4cccc(-c5ccccc5)c4)nc(-c4cccc(-c5ccc(-c6ccccc6)cc5-c5ccc6ccccc6c5)c4)n3)c2)cc1. The maximum Gasteiger partial charge on any atom is 0.164 e. The molecule has 0 bridgehead atoms. The van der Waals surface area contributed by atoms with Crippen LogP contribution in [0.15, 0.2) is 224 Å². The van der Waals surface area contributed by atoms with E-state index in [0.717, 1.165) is 55.6 Å². The monoisotopic (exact) mass is 739 g/mol. The zero-order valence-corrected chi connectivity index (χ0v) is 31.7. The van der Waals surface area contributed by atoms with E-state index in [9.17, 15) is 0 Å². The molecule has 1 aromatic heterocycles. The van der Waals surface area contributed by atoms with Gasteiger partial charge in [0.25, 0.3) is 0 Å². The summed E-state index contributed by atoms with van der Waals surface area (Å²) in [6.07, 6.45) is 0. The van der Waals surface area contributed by atoms with Gasteiger partial charge in [-0.1, -0.05) is 194 Å². The molecule has 10 aromatic rings. The number of hydrogen-bond donors (Lipinski definition) is 0. The first-order valence-electron chi connectivity index (χ1n) is 19.6. The Balaban J connectivity index is 1.12. The second-order valence-electron chi connectivity index (χ2n) is 14.5. The fourth-order valence-corrected chi connectivity index (χ4v) is 7.73. The molecule has 9 aromatic carbocycles. The Bertz CT molecular complexity index is 2950. The number of hydrogen-bond acceptors (Lipinski definition) is 3. The molecule has 3 heteroatoms. The van der Waals surface area contributed by atoms with Crippen molar-refractivity contribution in [2.45, 2.75) is 0 Å². The number of fused-ring (bicyclic) bond motifs is 1. The van der Waals surface area contributed by atoms with E-state index >= 15 is 0 Å². The van der Waals surface area contributed by atoms with Crippen molar-refractivity contribution < 1.29 is 0 Å². The van der Waals surface area contributed by atoms with E-state index < -0.39 is 0 Å². The lowest BCUT2D eigenvalue weighted by Crippen LogP contribution is -2.00. The van der Waals surface area contributed by atoms with Crippen molar-refractivity contribution in [2.24, 2.45) is 0 Å². The van der Waals surface area contributed by atoms with Gasteiger partial charge in [-0.3, -0.25) is 0 Å². The predicted octanol–water partition coefficient (Wildman–Crippen LogP) is 14.4. The van der Waals surface area contributed by atoms with Gasteiger partial charge in [-0.25, -0.2) is 15.0 Å². The Hall–Kier alpha value is -7.75. The van der Waals surface area contributed by atoms with E-state index in [-0.39, 0.29) is 0 Å². The average Bonchev–Trinajstić information content (AvgIpc) is 3.32. The summed E-state index contributed by atoms with van der Waals surface area (Å²) in [5.74, 6) is 1.86. The first-order valence-corrected chi connectivity index (χ1v) is 19.6. The molecule has 0 fully saturated rings. The fraction of sp³-hybridized carbons (Fsp3) is 0. The van der Waals surface area contributed by atoms with Gasteiger partial charge in [-0.05, 0) is 96.7 Å². The van der Waals surface area contributed by atoms with Crippen LogP contribution in [-0.2, 0) is 0 Å². The van der Waals surface area contributed by atoms with Gasteiger partial charge in [0.2, 0.25) is 0 Å². The van der Waals surface area contributed by atoms with Crippen molar-refractivity contribution in [2.75, 3.05) is 0 Å². The summed E-state index contributed by atoms with van der Waals surface area (Å²) < 4.78 is 0. The van der Waals surface area contributed by atoms with Crippen LogP contribution in [0.2, 0.25) is 0 Å². The third-order valence-corrected chi connectivity index (χ3v) is 10.7. The third kappa shape index (κ3) is 7.09. The highest BCUT2D eigenvalue weighted by Gasteiger charge is 2.16. The minimum absolute atomic E-state index is 0.616. The summed E-state index contributed by atoms with van der Waals surface area (Å²) in [4.78, 5) is 15.5. The zero-order valence-electron chi connectivity index (χ0n) is 31.7. The second-order valence-corrected chi connectivity index (χ2v) is 14.5. The van der Waals surface area contributed by atoms with Crippen LogP contribution in [0, 0.1) is 0 Å². The molecule has 3 nitrogen and oxygen atoms in total. The summed E-state index contributed by atoms with van der Waals surface area (Å²) in [5.41, 5.74) is 14.2. The molecule has 58 heavy (non-hydrogen) atoms. The highest BCUT2D eigenvalue weighted by molar-refractivity contribution is 5.93. The minimum atomic E-state index is 0.616. The van der Waals surface area contributed by atoms with E-state index in [2.05, 4.69) is 212 Å². The molecule has 0 atom stereocenters. The molecule has 0 aliphatic heterocycles. The van der Waals surface area contributed by atoms with E-state index in [4.69, 9.17) is 15.0 Å². The van der Waals surface area contributed by atoms with Gasteiger partial charge in [-0.2, -0.15) is 0 Å². The van der Waals surface area contributed by atoms with E-state index in [1.807, 2.05) is 12.1 Å². The van der Waals surface area contributed by atoms with Crippen LogP contribution in [0.3, 0.4) is 0 Å². The molecule has 0 unspecified atom stereocenters. The van der Waals surface area contributed by atoms with Crippen LogP contribution >= 0.6 is 0 Å². The van der Waals surface area contributed by atoms with Gasteiger partial charge in [0.05, 0.1) is 0 Å². The smallest absolute Gasteiger partial charge is 0.164 e. The lowest BCUT2D eigenvalue weighted by molar-refractivity contribution is 1.07. The standard InChI is InChI=1S/C55H37N3/c1-4-15-38(16-5-1)43-23-12-26-48(34-43)53-56-54(49-27-13-24-44(35-49)39-17-6-2-7-18-39)58-55(57-53)50-28-14-25-46(36-50)51-32-31-45(40-19-8-3-9-20-40)37-52(51)47-30-29-41-21-10-11-22-42(41)33-47/h1-37H. The lowest BCUT2D eigenvalue weighted by atomic mass is 9.89. The van der Waals surface area contributed by atoms with Crippen LogP contribution in [0.1, 0.15) is 0 Å². The maximum atomic E-state index is 5.20. The molecule has 272 valence electrons. The topological polar surface area (TPSA) is 38.7 Å². The highest BCUT2D eigenvalue weighted by atomic mass is 15.0. The summed E-state index contributed by atoms with van der Waals surface area (Å²) in [6, 6.07) is 79.0. The van der Waals surface area contributed by atoms with Crippen LogP contribution < -0.4 is 0 Å². The van der Waals surface area contributed by atoms with Crippen molar-refractivity contribution in [3.05, 3.63) is 224 Å². The third-order valence-electron chi connectivity index (χ3n) is 10.7. The number of benzene rings is 9. The molecule has 0 aliphatic rings. The molecule has 0 saturated heterocycles. The first-order chi connectivity index (χ1) is 28.7. The molecule has 0 saturated carbocycles. The van der Waals surface area contributed by atoms with Crippen LogP contribution in [0.5, 0.6) is 0 Å². The number of nitrogens with zero attached hydrogens (tertiary/aromatic N) is 3. The molecule has 0 radical (unpaired) electrons. The molecule has 0 N–H and O–H groups in total. The molecule has 10 rings (SSSR count). The van der Waals surface area contributed by atoms with Crippen LogP contribution in [0.4, 0.5) is 0 Å². The Morgan fingerprint density at radius 2 is 0.552 bits per heavy atom. The number of rotatable bonds is 8. The van der Waals surface area contributed by atoms with Crippen molar-refractivity contribution in [3.63, 3.8) is 0 Å². The van der Waals surface area contributed by atoms with Crippen molar-refractivity contribution in [3.8, 4) is 89.8 Å². The molecule has 0 spiro atoms. The maximum absolute atomic E-state index is 5.20. The van der Waals surface area contributed by atoms with Crippen molar-refractivity contribution >= 4 is 10.8 Å².